The fourth-order valence-corrected chi connectivity index (χ4v) is 2.32. The van der Waals surface area contributed by atoms with E-state index in [1.165, 1.54) is 24.5 Å². The first-order chi connectivity index (χ1) is 10.1. The van der Waals surface area contributed by atoms with E-state index >= 15 is 0 Å². The smallest absolute Gasteiger partial charge is 0.138 e. The van der Waals surface area contributed by atoms with E-state index in [4.69, 9.17) is 5.26 Å². The highest BCUT2D eigenvalue weighted by Gasteiger charge is 2.23. The van der Waals surface area contributed by atoms with Crippen LogP contribution < -0.4 is 0 Å². The number of hydrogen-bond acceptors (Lipinski definition) is 3. The van der Waals surface area contributed by atoms with Crippen molar-refractivity contribution in [3.8, 4) is 6.07 Å². The molecule has 0 spiro atoms. The maximum atomic E-state index is 13.8. The second kappa shape index (κ2) is 4.96. The fraction of sp³-hybridized carbons (Fsp3) is 0.0667. The third kappa shape index (κ3) is 2.04. The molecule has 21 heavy (non-hydrogen) atoms. The summed E-state index contributed by atoms with van der Waals surface area (Å²) >= 11 is 0. The average molecular weight is 285 g/mol. The number of benzene rings is 1. The Morgan fingerprint density at radius 2 is 1.95 bits per heavy atom. The van der Waals surface area contributed by atoms with Gasteiger partial charge in [-0.05, 0) is 18.2 Å². The van der Waals surface area contributed by atoms with Crippen molar-refractivity contribution in [2.75, 3.05) is 0 Å². The summed E-state index contributed by atoms with van der Waals surface area (Å²) in [5, 5.41) is 19.8. The molecule has 0 radical (unpaired) electrons. The third-order valence-corrected chi connectivity index (χ3v) is 3.29. The van der Waals surface area contributed by atoms with E-state index in [-0.39, 0.29) is 11.1 Å². The van der Waals surface area contributed by atoms with Gasteiger partial charge in [0.25, 0.3) is 0 Å². The molecule has 0 saturated carbocycles. The van der Waals surface area contributed by atoms with Gasteiger partial charge in [0, 0.05) is 23.3 Å². The molecule has 2 N–H and O–H groups in total. The first-order valence-corrected chi connectivity index (χ1v) is 6.11. The lowest BCUT2D eigenvalue weighted by Gasteiger charge is -2.12. The SMILES string of the molecule is N#Cc1ccnc2[nH]cc(C(O)c3c(F)cccc3F)c12. The Bertz CT molecular complexity index is 847. The predicted molar refractivity (Wildman–Crippen MR) is 71.2 cm³/mol. The van der Waals surface area contributed by atoms with Gasteiger partial charge in [-0.2, -0.15) is 5.26 Å². The lowest BCUT2D eigenvalue weighted by atomic mass is 9.99. The second-order valence-corrected chi connectivity index (χ2v) is 4.48. The topological polar surface area (TPSA) is 72.7 Å². The molecule has 6 heteroatoms. The molecule has 1 aromatic carbocycles. The number of aliphatic hydroxyl groups excluding tert-OH is 1. The van der Waals surface area contributed by atoms with Gasteiger partial charge in [0.15, 0.2) is 0 Å². The van der Waals surface area contributed by atoms with Crippen LogP contribution in [0.15, 0.2) is 36.7 Å². The molecule has 0 saturated heterocycles. The van der Waals surface area contributed by atoms with Crippen LogP contribution in [0.2, 0.25) is 0 Å². The molecule has 0 aliphatic carbocycles. The van der Waals surface area contributed by atoms with Crippen LogP contribution in [0.3, 0.4) is 0 Å². The normalized spacial score (nSPS) is 12.3. The van der Waals surface area contributed by atoms with Crippen molar-refractivity contribution in [3.63, 3.8) is 0 Å². The van der Waals surface area contributed by atoms with Crippen LogP contribution in [-0.2, 0) is 0 Å². The molecule has 3 aromatic rings. The predicted octanol–water partition coefficient (Wildman–Crippen LogP) is 2.79. The van der Waals surface area contributed by atoms with Crippen molar-refractivity contribution in [2.24, 2.45) is 0 Å². The van der Waals surface area contributed by atoms with Gasteiger partial charge < -0.3 is 10.1 Å². The Kier molecular flexibility index (Phi) is 3.12. The molecule has 2 heterocycles. The largest absolute Gasteiger partial charge is 0.383 e. The Hall–Kier alpha value is -2.78. The Morgan fingerprint density at radius 1 is 1.24 bits per heavy atom. The summed E-state index contributed by atoms with van der Waals surface area (Å²) in [5.41, 5.74) is 0.400. The number of nitriles is 1. The Labute approximate surface area is 118 Å². The van der Waals surface area contributed by atoms with Crippen LogP contribution in [-0.4, -0.2) is 15.1 Å². The molecule has 0 bridgehead atoms. The molecule has 2 aromatic heterocycles. The highest BCUT2D eigenvalue weighted by molar-refractivity contribution is 5.86. The van der Waals surface area contributed by atoms with Crippen molar-refractivity contribution < 1.29 is 13.9 Å². The summed E-state index contributed by atoms with van der Waals surface area (Å²) in [5.74, 6) is -1.70. The Morgan fingerprint density at radius 3 is 2.62 bits per heavy atom. The molecular weight excluding hydrogens is 276 g/mol. The number of rotatable bonds is 2. The number of H-pyrrole nitrogens is 1. The van der Waals surface area contributed by atoms with Gasteiger partial charge in [-0.1, -0.05) is 6.07 Å². The zero-order valence-corrected chi connectivity index (χ0v) is 10.6. The standard InChI is InChI=1S/C15H9F2N3O/c16-10-2-1-3-11(17)13(10)14(21)9-7-20-15-12(9)8(6-18)4-5-19-15/h1-5,7,14,21H,(H,19,20). The average Bonchev–Trinajstić information content (AvgIpc) is 2.90. The first-order valence-electron chi connectivity index (χ1n) is 6.11. The lowest BCUT2D eigenvalue weighted by Crippen LogP contribution is -2.05. The highest BCUT2D eigenvalue weighted by atomic mass is 19.1. The van der Waals surface area contributed by atoms with Gasteiger partial charge in [0.1, 0.15) is 23.4 Å². The molecule has 1 unspecified atom stereocenters. The summed E-state index contributed by atoms with van der Waals surface area (Å²) in [6.07, 6.45) is 1.31. The summed E-state index contributed by atoms with van der Waals surface area (Å²) in [7, 11) is 0. The Balaban J connectivity index is 2.24. The number of fused-ring (bicyclic) bond motifs is 1. The van der Waals surface area contributed by atoms with E-state index in [1.54, 1.807) is 0 Å². The molecule has 0 amide bonds. The van der Waals surface area contributed by atoms with Crippen molar-refractivity contribution >= 4 is 11.0 Å². The zero-order valence-electron chi connectivity index (χ0n) is 10.6. The van der Waals surface area contributed by atoms with E-state index in [0.29, 0.717) is 11.0 Å². The summed E-state index contributed by atoms with van der Waals surface area (Å²) in [4.78, 5) is 6.81. The van der Waals surface area contributed by atoms with Crippen molar-refractivity contribution in [2.45, 2.75) is 6.10 Å². The van der Waals surface area contributed by atoms with Crippen molar-refractivity contribution in [3.05, 3.63) is 65.0 Å². The molecule has 3 rings (SSSR count). The van der Waals surface area contributed by atoms with E-state index in [2.05, 4.69) is 9.97 Å². The van der Waals surface area contributed by atoms with Gasteiger partial charge in [-0.3, -0.25) is 0 Å². The number of aromatic nitrogens is 2. The summed E-state index contributed by atoms with van der Waals surface area (Å²) < 4.78 is 27.6. The van der Waals surface area contributed by atoms with Crippen molar-refractivity contribution in [1.29, 1.82) is 5.26 Å². The van der Waals surface area contributed by atoms with Crippen LogP contribution >= 0.6 is 0 Å². The number of aliphatic hydroxyl groups is 1. The van der Waals surface area contributed by atoms with Gasteiger partial charge in [-0.15, -0.1) is 0 Å². The molecule has 0 aliphatic heterocycles. The van der Waals surface area contributed by atoms with Gasteiger partial charge in [-0.25, -0.2) is 13.8 Å². The van der Waals surface area contributed by atoms with Gasteiger partial charge >= 0.3 is 0 Å². The number of hydrogen-bond donors (Lipinski definition) is 2. The molecular formula is C15H9F2N3O. The number of halogens is 2. The second-order valence-electron chi connectivity index (χ2n) is 4.48. The summed E-state index contributed by atoms with van der Waals surface area (Å²) in [6, 6.07) is 6.81. The lowest BCUT2D eigenvalue weighted by molar-refractivity contribution is 0.210. The monoisotopic (exact) mass is 285 g/mol. The minimum atomic E-state index is -1.53. The van der Waals surface area contributed by atoms with E-state index < -0.39 is 23.3 Å². The van der Waals surface area contributed by atoms with E-state index in [9.17, 15) is 13.9 Å². The maximum Gasteiger partial charge on any atom is 0.138 e. The molecule has 104 valence electrons. The van der Waals surface area contributed by atoms with Crippen LogP contribution in [0.1, 0.15) is 22.8 Å². The van der Waals surface area contributed by atoms with Crippen LogP contribution in [0.4, 0.5) is 8.78 Å². The van der Waals surface area contributed by atoms with Gasteiger partial charge in [0.05, 0.1) is 17.2 Å². The molecule has 0 fully saturated rings. The number of nitrogens with one attached hydrogen (secondary N) is 1. The quantitative estimate of drug-likeness (QED) is 0.760. The molecule has 4 nitrogen and oxygen atoms in total. The fourth-order valence-electron chi connectivity index (χ4n) is 2.32. The molecule has 0 aliphatic rings. The number of aromatic amines is 1. The van der Waals surface area contributed by atoms with Crippen molar-refractivity contribution in [1.82, 2.24) is 9.97 Å². The molecule has 1 atom stereocenters. The minimum absolute atomic E-state index is 0.207. The minimum Gasteiger partial charge on any atom is -0.383 e. The number of pyridine rings is 1. The van der Waals surface area contributed by atoms with Crippen LogP contribution in [0, 0.1) is 23.0 Å². The van der Waals surface area contributed by atoms with Crippen LogP contribution in [0.5, 0.6) is 0 Å². The van der Waals surface area contributed by atoms with Gasteiger partial charge in [0.2, 0.25) is 0 Å². The first kappa shape index (κ1) is 13.2. The third-order valence-electron chi connectivity index (χ3n) is 3.29. The van der Waals surface area contributed by atoms with Crippen LogP contribution in [0.25, 0.3) is 11.0 Å². The maximum absolute atomic E-state index is 13.8. The van der Waals surface area contributed by atoms with E-state index in [0.717, 1.165) is 12.1 Å². The zero-order chi connectivity index (χ0) is 15.0. The van der Waals surface area contributed by atoms with E-state index in [1.807, 2.05) is 6.07 Å². The number of nitrogens with zero attached hydrogens (tertiary/aromatic N) is 2. The summed E-state index contributed by atoms with van der Waals surface area (Å²) in [6.45, 7) is 0. The highest BCUT2D eigenvalue weighted by Crippen LogP contribution is 2.32.